The zero-order valence-electron chi connectivity index (χ0n) is 10.5. The molecular formula is C12H19NO5. The molecule has 1 fully saturated rings. The molecule has 1 aliphatic rings. The predicted octanol–water partition coefficient (Wildman–Crippen LogP) is 0.701. The Bertz CT molecular complexity index is 333. The Morgan fingerprint density at radius 3 is 2.39 bits per heavy atom. The van der Waals surface area contributed by atoms with Crippen molar-refractivity contribution in [3.05, 3.63) is 0 Å². The molecule has 102 valence electrons. The maximum Gasteiger partial charge on any atom is 0.315 e. The average molecular weight is 257 g/mol. The molecule has 0 aliphatic heterocycles. The Morgan fingerprint density at radius 2 is 1.89 bits per heavy atom. The summed E-state index contributed by atoms with van der Waals surface area (Å²) in [6.07, 6.45) is 2.51. The van der Waals surface area contributed by atoms with E-state index in [0.717, 1.165) is 12.8 Å². The first-order chi connectivity index (χ1) is 8.50. The van der Waals surface area contributed by atoms with Crippen LogP contribution in [0.1, 0.15) is 39.0 Å². The summed E-state index contributed by atoms with van der Waals surface area (Å²) >= 11 is 0. The van der Waals surface area contributed by atoms with Gasteiger partial charge in [0.15, 0.2) is 0 Å². The SMILES string of the molecule is CCOC(=O)CC(=O)NCC1(C(=O)O)CCCC1. The molecule has 0 unspecified atom stereocenters. The normalized spacial score (nSPS) is 17.2. The Hall–Kier alpha value is -1.59. The first-order valence-electron chi connectivity index (χ1n) is 6.16. The fraction of sp³-hybridized carbons (Fsp3) is 0.750. The minimum Gasteiger partial charge on any atom is -0.481 e. The summed E-state index contributed by atoms with van der Waals surface area (Å²) in [4.78, 5) is 33.7. The molecule has 1 saturated carbocycles. The van der Waals surface area contributed by atoms with Crippen LogP contribution >= 0.6 is 0 Å². The number of hydrogen-bond acceptors (Lipinski definition) is 4. The van der Waals surface area contributed by atoms with Gasteiger partial charge in [-0.05, 0) is 19.8 Å². The lowest BCUT2D eigenvalue weighted by Gasteiger charge is -2.23. The number of amides is 1. The summed E-state index contributed by atoms with van der Waals surface area (Å²) in [7, 11) is 0. The van der Waals surface area contributed by atoms with Crippen molar-refractivity contribution in [2.75, 3.05) is 13.2 Å². The number of esters is 1. The molecule has 6 heteroatoms. The van der Waals surface area contributed by atoms with E-state index in [4.69, 9.17) is 0 Å². The van der Waals surface area contributed by atoms with Crippen LogP contribution < -0.4 is 5.32 Å². The van der Waals surface area contributed by atoms with Crippen LogP contribution in [0.3, 0.4) is 0 Å². The largest absolute Gasteiger partial charge is 0.481 e. The van der Waals surface area contributed by atoms with Crippen molar-refractivity contribution in [1.29, 1.82) is 0 Å². The molecule has 0 atom stereocenters. The molecule has 6 nitrogen and oxygen atoms in total. The van der Waals surface area contributed by atoms with Gasteiger partial charge >= 0.3 is 11.9 Å². The van der Waals surface area contributed by atoms with Gasteiger partial charge in [-0.15, -0.1) is 0 Å². The lowest BCUT2D eigenvalue weighted by Crippen LogP contribution is -2.41. The molecule has 0 aromatic heterocycles. The molecule has 18 heavy (non-hydrogen) atoms. The van der Waals surface area contributed by atoms with Gasteiger partial charge in [0, 0.05) is 6.54 Å². The van der Waals surface area contributed by atoms with Crippen LogP contribution in [0.4, 0.5) is 0 Å². The number of aliphatic carboxylic acids is 1. The zero-order valence-corrected chi connectivity index (χ0v) is 10.5. The number of rotatable bonds is 6. The second-order valence-corrected chi connectivity index (χ2v) is 4.55. The number of hydrogen-bond donors (Lipinski definition) is 2. The highest BCUT2D eigenvalue weighted by atomic mass is 16.5. The van der Waals surface area contributed by atoms with Crippen LogP contribution in [0.25, 0.3) is 0 Å². The quantitative estimate of drug-likeness (QED) is 0.539. The molecule has 1 aliphatic carbocycles. The summed E-state index contributed by atoms with van der Waals surface area (Å²) < 4.78 is 4.64. The lowest BCUT2D eigenvalue weighted by molar-refractivity contribution is -0.148. The van der Waals surface area contributed by atoms with Gasteiger partial charge in [0.05, 0.1) is 12.0 Å². The minimum atomic E-state index is -0.878. The van der Waals surface area contributed by atoms with Crippen LogP contribution in [-0.2, 0) is 19.1 Å². The monoisotopic (exact) mass is 257 g/mol. The molecule has 2 N–H and O–H groups in total. The Morgan fingerprint density at radius 1 is 1.28 bits per heavy atom. The van der Waals surface area contributed by atoms with Gasteiger partial charge in [0.1, 0.15) is 6.42 Å². The second kappa shape index (κ2) is 6.37. The molecule has 0 spiro atoms. The fourth-order valence-corrected chi connectivity index (χ4v) is 2.19. The van der Waals surface area contributed by atoms with E-state index in [1.807, 2.05) is 0 Å². The first-order valence-corrected chi connectivity index (χ1v) is 6.16. The summed E-state index contributed by atoms with van der Waals surface area (Å²) in [5, 5.41) is 11.7. The van der Waals surface area contributed by atoms with Gasteiger partial charge in [-0.1, -0.05) is 12.8 Å². The third-order valence-corrected chi connectivity index (χ3v) is 3.25. The van der Waals surface area contributed by atoms with Crippen molar-refractivity contribution in [3.63, 3.8) is 0 Å². The van der Waals surface area contributed by atoms with E-state index in [1.165, 1.54) is 0 Å². The van der Waals surface area contributed by atoms with E-state index in [0.29, 0.717) is 12.8 Å². The highest BCUT2D eigenvalue weighted by molar-refractivity contribution is 5.94. The summed E-state index contributed by atoms with van der Waals surface area (Å²) in [6, 6.07) is 0. The van der Waals surface area contributed by atoms with Gasteiger partial charge in [-0.25, -0.2) is 0 Å². The maximum absolute atomic E-state index is 11.4. The molecular weight excluding hydrogens is 238 g/mol. The number of carbonyl (C=O) groups is 3. The molecule has 1 amide bonds. The van der Waals surface area contributed by atoms with Gasteiger partial charge < -0.3 is 15.2 Å². The molecule has 0 bridgehead atoms. The third kappa shape index (κ3) is 3.72. The van der Waals surface area contributed by atoms with Crippen LogP contribution in [0.15, 0.2) is 0 Å². The van der Waals surface area contributed by atoms with E-state index in [9.17, 15) is 19.5 Å². The van der Waals surface area contributed by atoms with Crippen molar-refractivity contribution in [1.82, 2.24) is 5.32 Å². The number of carboxylic acid groups (broad SMARTS) is 1. The van der Waals surface area contributed by atoms with E-state index in [-0.39, 0.29) is 19.6 Å². The van der Waals surface area contributed by atoms with Crippen molar-refractivity contribution in [2.45, 2.75) is 39.0 Å². The van der Waals surface area contributed by atoms with Gasteiger partial charge in [-0.2, -0.15) is 0 Å². The molecule has 0 radical (unpaired) electrons. The number of nitrogens with one attached hydrogen (secondary N) is 1. The Kier molecular flexibility index (Phi) is 5.12. The van der Waals surface area contributed by atoms with Gasteiger partial charge in [-0.3, -0.25) is 14.4 Å². The molecule has 0 saturated heterocycles. The van der Waals surface area contributed by atoms with Crippen molar-refractivity contribution in [2.24, 2.45) is 5.41 Å². The summed E-state index contributed by atoms with van der Waals surface area (Å²) in [5.41, 5.74) is -0.857. The average Bonchev–Trinajstić information content (AvgIpc) is 2.76. The topological polar surface area (TPSA) is 92.7 Å². The standard InChI is InChI=1S/C12H19NO5/c1-2-18-10(15)7-9(14)13-8-12(11(16)17)5-3-4-6-12/h2-8H2,1H3,(H,13,14)(H,16,17). The molecule has 0 aromatic rings. The molecule has 0 aromatic carbocycles. The van der Waals surface area contributed by atoms with Crippen molar-refractivity contribution in [3.8, 4) is 0 Å². The van der Waals surface area contributed by atoms with Crippen molar-refractivity contribution >= 4 is 17.8 Å². The number of ether oxygens (including phenoxy) is 1. The Labute approximate surface area is 106 Å². The fourth-order valence-electron chi connectivity index (χ4n) is 2.19. The predicted molar refractivity (Wildman–Crippen MR) is 62.8 cm³/mol. The first kappa shape index (κ1) is 14.5. The van der Waals surface area contributed by atoms with E-state index < -0.39 is 23.3 Å². The van der Waals surface area contributed by atoms with Crippen molar-refractivity contribution < 1.29 is 24.2 Å². The number of carbonyl (C=O) groups excluding carboxylic acids is 2. The summed E-state index contributed by atoms with van der Waals surface area (Å²) in [6.45, 7) is 1.97. The molecule has 1 rings (SSSR count). The second-order valence-electron chi connectivity index (χ2n) is 4.55. The van der Waals surface area contributed by atoms with E-state index in [2.05, 4.69) is 10.1 Å². The highest BCUT2D eigenvalue weighted by Crippen LogP contribution is 2.37. The van der Waals surface area contributed by atoms with Gasteiger partial charge in [0.2, 0.25) is 5.91 Å². The third-order valence-electron chi connectivity index (χ3n) is 3.25. The lowest BCUT2D eigenvalue weighted by atomic mass is 9.86. The van der Waals surface area contributed by atoms with Gasteiger partial charge in [0.25, 0.3) is 0 Å². The summed E-state index contributed by atoms with van der Waals surface area (Å²) in [5.74, 6) is -1.96. The Balaban J connectivity index is 2.41. The van der Waals surface area contributed by atoms with Crippen LogP contribution in [0.5, 0.6) is 0 Å². The van der Waals surface area contributed by atoms with E-state index in [1.54, 1.807) is 6.92 Å². The van der Waals surface area contributed by atoms with Crippen LogP contribution in [-0.4, -0.2) is 36.1 Å². The zero-order chi connectivity index (χ0) is 13.6. The smallest absolute Gasteiger partial charge is 0.315 e. The molecule has 0 heterocycles. The minimum absolute atomic E-state index is 0.0839. The maximum atomic E-state index is 11.4. The highest BCUT2D eigenvalue weighted by Gasteiger charge is 2.41. The van der Waals surface area contributed by atoms with Crippen LogP contribution in [0.2, 0.25) is 0 Å². The van der Waals surface area contributed by atoms with Crippen LogP contribution in [0, 0.1) is 5.41 Å². The van der Waals surface area contributed by atoms with E-state index >= 15 is 0 Å². The number of carboxylic acids is 1.